The van der Waals surface area contributed by atoms with Gasteiger partial charge in [-0.15, -0.1) is 6.58 Å². The van der Waals surface area contributed by atoms with Gasteiger partial charge in [0.25, 0.3) is 0 Å². The molecule has 0 heterocycles. The molecule has 1 aromatic carbocycles. The second kappa shape index (κ2) is 4.59. The number of primary amides is 1. The maximum atomic E-state index is 11.0. The highest BCUT2D eigenvalue weighted by molar-refractivity contribution is 14.1. The summed E-state index contributed by atoms with van der Waals surface area (Å²) in [6.07, 6.45) is 1.84. The zero-order chi connectivity index (χ0) is 10.7. The molecule has 0 fully saturated rings. The molecule has 2 nitrogen and oxygen atoms in total. The van der Waals surface area contributed by atoms with Gasteiger partial charge < -0.3 is 5.73 Å². The van der Waals surface area contributed by atoms with Gasteiger partial charge in [-0.1, -0.05) is 13.0 Å². The number of carbonyl (C=O) groups is 1. The number of allylic oxidation sites excluding steroid dienone is 1. The summed E-state index contributed by atoms with van der Waals surface area (Å²) in [7, 11) is 0. The molecule has 0 bridgehead atoms. The second-order valence-corrected chi connectivity index (χ2v) is 4.41. The minimum atomic E-state index is -0.388. The fourth-order valence-corrected chi connectivity index (χ4v) is 1.85. The minimum Gasteiger partial charge on any atom is -0.366 e. The predicted molar refractivity (Wildman–Crippen MR) is 66.3 cm³/mol. The molecule has 1 rings (SSSR count). The van der Waals surface area contributed by atoms with Crippen LogP contribution in [0, 0.1) is 3.57 Å². The quantitative estimate of drug-likeness (QED) is 0.677. The summed E-state index contributed by atoms with van der Waals surface area (Å²) in [5.41, 5.74) is 6.85. The van der Waals surface area contributed by atoms with Crippen LogP contribution in [0.15, 0.2) is 30.9 Å². The molecule has 1 atom stereocenters. The zero-order valence-corrected chi connectivity index (χ0v) is 10.1. The molecule has 0 aliphatic carbocycles. The van der Waals surface area contributed by atoms with Crippen LogP contribution in [-0.2, 0) is 0 Å². The van der Waals surface area contributed by atoms with E-state index in [1.807, 2.05) is 25.1 Å². The third kappa shape index (κ3) is 2.57. The first-order valence-corrected chi connectivity index (χ1v) is 5.35. The van der Waals surface area contributed by atoms with Gasteiger partial charge in [0.05, 0.1) is 0 Å². The Kier molecular flexibility index (Phi) is 3.69. The highest BCUT2D eigenvalue weighted by atomic mass is 127. The largest absolute Gasteiger partial charge is 0.366 e. The van der Waals surface area contributed by atoms with E-state index in [0.717, 1.165) is 9.13 Å². The molecule has 0 spiro atoms. The lowest BCUT2D eigenvalue weighted by atomic mass is 9.99. The maximum absolute atomic E-state index is 11.0. The number of carbonyl (C=O) groups excluding carboxylic acids is 1. The summed E-state index contributed by atoms with van der Waals surface area (Å²) in [5.74, 6) is -0.149. The van der Waals surface area contributed by atoms with Crippen molar-refractivity contribution < 1.29 is 4.79 Å². The molecule has 1 aromatic rings. The Hall–Kier alpha value is -0.840. The molecule has 14 heavy (non-hydrogen) atoms. The first kappa shape index (κ1) is 11.2. The monoisotopic (exact) mass is 301 g/mol. The van der Waals surface area contributed by atoms with Crippen molar-refractivity contribution in [2.75, 3.05) is 0 Å². The van der Waals surface area contributed by atoms with Crippen LogP contribution >= 0.6 is 22.6 Å². The van der Waals surface area contributed by atoms with Crippen molar-refractivity contribution >= 4 is 28.5 Å². The maximum Gasteiger partial charge on any atom is 0.248 e. The summed E-state index contributed by atoms with van der Waals surface area (Å²) in [4.78, 5) is 11.0. The molecule has 0 saturated heterocycles. The van der Waals surface area contributed by atoms with Crippen molar-refractivity contribution in [1.29, 1.82) is 0 Å². The van der Waals surface area contributed by atoms with Gasteiger partial charge in [-0.05, 0) is 52.3 Å². The molecular weight excluding hydrogens is 289 g/mol. The van der Waals surface area contributed by atoms with E-state index >= 15 is 0 Å². The molecule has 0 radical (unpaired) electrons. The van der Waals surface area contributed by atoms with E-state index in [9.17, 15) is 4.79 Å². The van der Waals surface area contributed by atoms with Crippen LogP contribution in [0.4, 0.5) is 0 Å². The number of amides is 1. The summed E-state index contributed by atoms with van der Waals surface area (Å²) in [6, 6.07) is 5.62. The van der Waals surface area contributed by atoms with Gasteiger partial charge in [-0.25, -0.2) is 0 Å². The highest BCUT2D eigenvalue weighted by Gasteiger charge is 2.07. The Balaban J connectivity index is 3.19. The Bertz CT molecular complexity index is 374. The van der Waals surface area contributed by atoms with Crippen LogP contribution < -0.4 is 5.73 Å². The molecular formula is C11H12INO. The van der Waals surface area contributed by atoms with Crippen molar-refractivity contribution in [1.82, 2.24) is 0 Å². The van der Waals surface area contributed by atoms with Crippen LogP contribution in [0.25, 0.3) is 0 Å². The molecule has 0 aliphatic rings. The average Bonchev–Trinajstić information content (AvgIpc) is 2.15. The van der Waals surface area contributed by atoms with Crippen molar-refractivity contribution in [3.05, 3.63) is 45.6 Å². The van der Waals surface area contributed by atoms with Crippen LogP contribution in [0.2, 0.25) is 0 Å². The molecule has 1 amide bonds. The number of hydrogen-bond acceptors (Lipinski definition) is 1. The fraction of sp³-hybridized carbons (Fsp3) is 0.182. The highest BCUT2D eigenvalue weighted by Crippen LogP contribution is 2.20. The van der Waals surface area contributed by atoms with Gasteiger partial charge in [0.15, 0.2) is 0 Å². The van der Waals surface area contributed by atoms with Crippen LogP contribution in [0.3, 0.4) is 0 Å². The SMILES string of the molecule is C=CC(C)c1cc(I)cc(C(N)=O)c1. The van der Waals surface area contributed by atoms with Gasteiger partial charge in [-0.2, -0.15) is 0 Å². The smallest absolute Gasteiger partial charge is 0.248 e. The Labute approximate surface area is 97.3 Å². The Morgan fingerprint density at radius 3 is 2.71 bits per heavy atom. The van der Waals surface area contributed by atoms with Crippen LogP contribution in [0.5, 0.6) is 0 Å². The molecule has 0 saturated carbocycles. The lowest BCUT2D eigenvalue weighted by Crippen LogP contribution is -2.11. The molecule has 2 N–H and O–H groups in total. The van der Waals surface area contributed by atoms with E-state index in [0.29, 0.717) is 5.56 Å². The first-order valence-electron chi connectivity index (χ1n) is 4.27. The van der Waals surface area contributed by atoms with Crippen molar-refractivity contribution in [2.24, 2.45) is 5.73 Å². The number of halogens is 1. The average molecular weight is 301 g/mol. The van der Waals surface area contributed by atoms with Gasteiger partial charge in [0, 0.05) is 9.13 Å². The lowest BCUT2D eigenvalue weighted by Gasteiger charge is -2.08. The van der Waals surface area contributed by atoms with Crippen molar-refractivity contribution in [2.45, 2.75) is 12.8 Å². The molecule has 0 aliphatic heterocycles. The lowest BCUT2D eigenvalue weighted by molar-refractivity contribution is 0.1000. The topological polar surface area (TPSA) is 43.1 Å². The molecule has 3 heteroatoms. The molecule has 74 valence electrons. The van der Waals surface area contributed by atoms with E-state index in [4.69, 9.17) is 5.73 Å². The standard InChI is InChI=1S/C11H12INO/c1-3-7(2)8-4-9(11(13)14)6-10(12)5-8/h3-7H,1H2,2H3,(H2,13,14). The van der Waals surface area contributed by atoms with E-state index in [-0.39, 0.29) is 11.8 Å². The molecule has 0 aromatic heterocycles. The summed E-state index contributed by atoms with van der Waals surface area (Å²) < 4.78 is 1.02. The van der Waals surface area contributed by atoms with Gasteiger partial charge >= 0.3 is 0 Å². The summed E-state index contributed by atoms with van der Waals surface area (Å²) >= 11 is 2.17. The first-order chi connectivity index (χ1) is 6.54. The Morgan fingerprint density at radius 2 is 2.21 bits per heavy atom. The van der Waals surface area contributed by atoms with Crippen LogP contribution in [0.1, 0.15) is 28.8 Å². The van der Waals surface area contributed by atoms with Gasteiger partial charge in [0.1, 0.15) is 0 Å². The van der Waals surface area contributed by atoms with Gasteiger partial charge in [-0.3, -0.25) is 4.79 Å². The molecule has 1 unspecified atom stereocenters. The Morgan fingerprint density at radius 1 is 1.57 bits per heavy atom. The number of nitrogens with two attached hydrogens (primary N) is 1. The number of rotatable bonds is 3. The minimum absolute atomic E-state index is 0.239. The predicted octanol–water partition coefficient (Wildman–Crippen LogP) is 2.68. The van der Waals surface area contributed by atoms with E-state index in [2.05, 4.69) is 29.2 Å². The third-order valence-corrected chi connectivity index (χ3v) is 2.71. The van der Waals surface area contributed by atoms with E-state index in [1.54, 1.807) is 6.07 Å². The fourth-order valence-electron chi connectivity index (χ4n) is 1.15. The van der Waals surface area contributed by atoms with Gasteiger partial charge in [0.2, 0.25) is 5.91 Å². The van der Waals surface area contributed by atoms with E-state index in [1.165, 1.54) is 0 Å². The normalized spacial score (nSPS) is 12.1. The van der Waals surface area contributed by atoms with Crippen molar-refractivity contribution in [3.8, 4) is 0 Å². The second-order valence-electron chi connectivity index (χ2n) is 3.16. The van der Waals surface area contributed by atoms with Crippen molar-refractivity contribution in [3.63, 3.8) is 0 Å². The van der Waals surface area contributed by atoms with E-state index < -0.39 is 0 Å². The third-order valence-electron chi connectivity index (χ3n) is 2.08. The zero-order valence-electron chi connectivity index (χ0n) is 7.96. The van der Waals surface area contributed by atoms with Crippen LogP contribution in [-0.4, -0.2) is 5.91 Å². The summed E-state index contributed by atoms with van der Waals surface area (Å²) in [5, 5.41) is 0. The number of hydrogen-bond donors (Lipinski definition) is 1. The summed E-state index contributed by atoms with van der Waals surface area (Å²) in [6.45, 7) is 5.75. The number of benzene rings is 1.